The molecule has 0 unspecified atom stereocenters. The zero-order chi connectivity index (χ0) is 18.9. The zero-order valence-corrected chi connectivity index (χ0v) is 17.2. The summed E-state index contributed by atoms with van der Waals surface area (Å²) in [7, 11) is -3.48. The van der Waals surface area contributed by atoms with Gasteiger partial charge in [-0.1, -0.05) is 49.2 Å². The molecule has 0 aromatic heterocycles. The van der Waals surface area contributed by atoms with E-state index in [0.717, 1.165) is 11.3 Å². The Morgan fingerprint density at radius 1 is 0.923 bits per heavy atom. The van der Waals surface area contributed by atoms with Crippen LogP contribution in [-0.2, 0) is 10.0 Å². The summed E-state index contributed by atoms with van der Waals surface area (Å²) in [6.45, 7) is 6.15. The Morgan fingerprint density at radius 2 is 1.54 bits per heavy atom. The van der Waals surface area contributed by atoms with E-state index >= 15 is 0 Å². The fourth-order valence-corrected chi connectivity index (χ4v) is 4.90. The van der Waals surface area contributed by atoms with Crippen molar-refractivity contribution in [3.63, 3.8) is 0 Å². The maximum Gasteiger partial charge on any atom is 0.243 e. The zero-order valence-electron chi connectivity index (χ0n) is 14.8. The van der Waals surface area contributed by atoms with Crippen molar-refractivity contribution in [3.05, 3.63) is 58.1 Å². The summed E-state index contributed by atoms with van der Waals surface area (Å²) < 4.78 is 27.3. The molecule has 1 heterocycles. The summed E-state index contributed by atoms with van der Waals surface area (Å²) >= 11 is 12.3. The number of benzene rings is 2. The number of nitrogens with zero attached hydrogens (tertiary/aromatic N) is 2. The summed E-state index contributed by atoms with van der Waals surface area (Å²) in [6, 6.07) is 12.5. The third-order valence-electron chi connectivity index (χ3n) is 4.67. The predicted octanol–water partition coefficient (Wildman–Crippen LogP) is 4.63. The summed E-state index contributed by atoms with van der Waals surface area (Å²) in [5.41, 5.74) is 1.97. The summed E-state index contributed by atoms with van der Waals surface area (Å²) in [5, 5.41) is 1.24. The second-order valence-corrected chi connectivity index (χ2v) is 9.49. The molecule has 140 valence electrons. The van der Waals surface area contributed by atoms with Crippen molar-refractivity contribution in [1.82, 2.24) is 4.31 Å². The van der Waals surface area contributed by atoms with Crippen LogP contribution in [0, 0.1) is 0 Å². The second kappa shape index (κ2) is 7.77. The average molecular weight is 413 g/mol. The van der Waals surface area contributed by atoms with Gasteiger partial charge in [-0.25, -0.2) is 8.42 Å². The van der Waals surface area contributed by atoms with E-state index in [0.29, 0.717) is 47.0 Å². The molecule has 0 amide bonds. The molecule has 0 radical (unpaired) electrons. The highest BCUT2D eigenvalue weighted by atomic mass is 35.5. The van der Waals surface area contributed by atoms with Gasteiger partial charge in [0.1, 0.15) is 0 Å². The normalized spacial score (nSPS) is 16.3. The van der Waals surface area contributed by atoms with Crippen LogP contribution in [-0.4, -0.2) is 38.9 Å². The predicted molar refractivity (Wildman–Crippen MR) is 108 cm³/mol. The average Bonchev–Trinajstić information content (AvgIpc) is 2.64. The van der Waals surface area contributed by atoms with Crippen LogP contribution in [0.15, 0.2) is 47.4 Å². The van der Waals surface area contributed by atoms with E-state index in [1.54, 1.807) is 24.3 Å². The molecule has 2 aromatic rings. The Labute approximate surface area is 165 Å². The van der Waals surface area contributed by atoms with Crippen LogP contribution in [0.5, 0.6) is 0 Å². The fourth-order valence-electron chi connectivity index (χ4n) is 3.07. The third kappa shape index (κ3) is 4.01. The SMILES string of the molecule is CC(C)c1ccc(S(=O)(=O)N2CCN(c3cc(Cl)ccc3Cl)CC2)cc1. The summed E-state index contributed by atoms with van der Waals surface area (Å²) in [5.74, 6) is 0.373. The molecule has 0 spiro atoms. The highest BCUT2D eigenvalue weighted by Crippen LogP contribution is 2.30. The van der Waals surface area contributed by atoms with Crippen LogP contribution in [0.3, 0.4) is 0 Å². The van der Waals surface area contributed by atoms with E-state index < -0.39 is 10.0 Å². The van der Waals surface area contributed by atoms with Gasteiger partial charge in [-0.3, -0.25) is 0 Å². The lowest BCUT2D eigenvalue weighted by Gasteiger charge is -2.35. The van der Waals surface area contributed by atoms with E-state index in [9.17, 15) is 8.42 Å². The maximum atomic E-state index is 12.9. The molecule has 7 heteroatoms. The quantitative estimate of drug-likeness (QED) is 0.734. The van der Waals surface area contributed by atoms with Gasteiger partial charge in [-0.05, 0) is 41.8 Å². The van der Waals surface area contributed by atoms with Gasteiger partial charge in [0.15, 0.2) is 0 Å². The van der Waals surface area contributed by atoms with E-state index in [4.69, 9.17) is 23.2 Å². The minimum atomic E-state index is -3.48. The molecule has 0 bridgehead atoms. The smallest absolute Gasteiger partial charge is 0.243 e. The summed E-state index contributed by atoms with van der Waals surface area (Å²) in [6.07, 6.45) is 0. The molecule has 0 saturated carbocycles. The number of piperazine rings is 1. The first kappa shape index (κ1) is 19.5. The second-order valence-electron chi connectivity index (χ2n) is 6.71. The molecule has 1 fully saturated rings. The molecule has 3 rings (SSSR count). The van der Waals surface area contributed by atoms with E-state index in [2.05, 4.69) is 18.7 Å². The molecular formula is C19H22Cl2N2O2S. The van der Waals surface area contributed by atoms with Crippen molar-refractivity contribution in [3.8, 4) is 0 Å². The Bertz CT molecular complexity index is 875. The highest BCUT2D eigenvalue weighted by molar-refractivity contribution is 7.89. The largest absolute Gasteiger partial charge is 0.368 e. The highest BCUT2D eigenvalue weighted by Gasteiger charge is 2.29. The van der Waals surface area contributed by atoms with Gasteiger partial charge in [0, 0.05) is 31.2 Å². The topological polar surface area (TPSA) is 40.6 Å². The Hall–Kier alpha value is -1.27. The van der Waals surface area contributed by atoms with Crippen molar-refractivity contribution >= 4 is 38.9 Å². The molecule has 26 heavy (non-hydrogen) atoms. The number of anilines is 1. The minimum absolute atomic E-state index is 0.344. The molecule has 0 N–H and O–H groups in total. The molecule has 1 aliphatic rings. The van der Waals surface area contributed by atoms with Gasteiger partial charge in [-0.15, -0.1) is 0 Å². The summed E-state index contributed by atoms with van der Waals surface area (Å²) in [4.78, 5) is 2.42. The van der Waals surface area contributed by atoms with Gasteiger partial charge in [-0.2, -0.15) is 4.31 Å². The van der Waals surface area contributed by atoms with Crippen LogP contribution in [0.25, 0.3) is 0 Å². The van der Waals surface area contributed by atoms with Crippen LogP contribution < -0.4 is 4.90 Å². The number of sulfonamides is 1. The van der Waals surface area contributed by atoms with Crippen molar-refractivity contribution in [2.45, 2.75) is 24.7 Å². The van der Waals surface area contributed by atoms with Crippen molar-refractivity contribution in [2.24, 2.45) is 0 Å². The van der Waals surface area contributed by atoms with Crippen LogP contribution in [0.1, 0.15) is 25.3 Å². The number of rotatable bonds is 4. The first-order chi connectivity index (χ1) is 12.3. The fraction of sp³-hybridized carbons (Fsp3) is 0.368. The maximum absolute atomic E-state index is 12.9. The minimum Gasteiger partial charge on any atom is -0.368 e. The van der Waals surface area contributed by atoms with E-state index in [1.165, 1.54) is 4.31 Å². The van der Waals surface area contributed by atoms with Gasteiger partial charge in [0.05, 0.1) is 15.6 Å². The first-order valence-electron chi connectivity index (χ1n) is 8.59. The van der Waals surface area contributed by atoms with Crippen molar-refractivity contribution in [1.29, 1.82) is 0 Å². The van der Waals surface area contributed by atoms with Gasteiger partial charge >= 0.3 is 0 Å². The molecule has 0 atom stereocenters. The van der Waals surface area contributed by atoms with Gasteiger partial charge in [0.2, 0.25) is 10.0 Å². The monoisotopic (exact) mass is 412 g/mol. The van der Waals surface area contributed by atoms with Crippen LogP contribution >= 0.6 is 23.2 Å². The standard InChI is InChI=1S/C19H22Cl2N2O2S/c1-14(2)15-3-6-17(7-4-15)26(24,25)23-11-9-22(10-12-23)19-13-16(20)5-8-18(19)21/h3-8,13-14H,9-12H2,1-2H3. The van der Waals surface area contributed by atoms with Gasteiger partial charge in [0.25, 0.3) is 0 Å². The molecule has 1 aliphatic heterocycles. The Kier molecular flexibility index (Phi) is 5.82. The number of hydrogen-bond acceptors (Lipinski definition) is 3. The first-order valence-corrected chi connectivity index (χ1v) is 10.8. The number of hydrogen-bond donors (Lipinski definition) is 0. The van der Waals surface area contributed by atoms with Gasteiger partial charge < -0.3 is 4.90 Å². The van der Waals surface area contributed by atoms with Crippen LogP contribution in [0.2, 0.25) is 10.0 Å². The van der Waals surface area contributed by atoms with Crippen molar-refractivity contribution in [2.75, 3.05) is 31.1 Å². The molecule has 1 saturated heterocycles. The van der Waals surface area contributed by atoms with E-state index in [-0.39, 0.29) is 0 Å². The molecule has 2 aromatic carbocycles. The third-order valence-corrected chi connectivity index (χ3v) is 7.14. The lowest BCUT2D eigenvalue weighted by Crippen LogP contribution is -2.48. The van der Waals surface area contributed by atoms with E-state index in [1.807, 2.05) is 18.2 Å². The lowest BCUT2D eigenvalue weighted by atomic mass is 10.0. The molecular weight excluding hydrogens is 391 g/mol. The van der Waals surface area contributed by atoms with Crippen LogP contribution in [0.4, 0.5) is 5.69 Å². The number of halogens is 2. The van der Waals surface area contributed by atoms with Crippen molar-refractivity contribution < 1.29 is 8.42 Å². The Balaban J connectivity index is 1.73. The molecule has 4 nitrogen and oxygen atoms in total. The Morgan fingerprint density at radius 3 is 2.12 bits per heavy atom. The lowest BCUT2D eigenvalue weighted by molar-refractivity contribution is 0.385. The molecule has 0 aliphatic carbocycles.